The third-order valence-electron chi connectivity index (χ3n) is 2.30. The summed E-state index contributed by atoms with van der Waals surface area (Å²) in [4.78, 5) is 2.32. The number of nitrogens with zero attached hydrogens (tertiary/aromatic N) is 1. The predicted molar refractivity (Wildman–Crippen MR) is 55.1 cm³/mol. The van der Waals surface area contributed by atoms with E-state index in [4.69, 9.17) is 20.9 Å². The zero-order chi connectivity index (χ0) is 10.2. The van der Waals surface area contributed by atoms with Gasteiger partial charge in [0.05, 0.1) is 25.9 Å². The molecule has 0 spiro atoms. The van der Waals surface area contributed by atoms with Crippen molar-refractivity contribution in [1.82, 2.24) is 4.90 Å². The van der Waals surface area contributed by atoms with Gasteiger partial charge in [0, 0.05) is 32.7 Å². The fourth-order valence-electron chi connectivity index (χ4n) is 1.51. The maximum absolute atomic E-state index is 5.54. The Morgan fingerprint density at radius 3 is 2.93 bits per heavy atom. The van der Waals surface area contributed by atoms with Crippen LogP contribution in [0.15, 0.2) is 0 Å². The zero-order valence-corrected chi connectivity index (χ0v) is 8.65. The Bertz CT molecular complexity index is 146. The highest BCUT2D eigenvalue weighted by Gasteiger charge is 2.18. The second kappa shape index (κ2) is 7.14. The van der Waals surface area contributed by atoms with Gasteiger partial charge in [-0.2, -0.15) is 0 Å². The van der Waals surface area contributed by atoms with Crippen LogP contribution < -0.4 is 11.5 Å². The fourth-order valence-corrected chi connectivity index (χ4v) is 1.51. The van der Waals surface area contributed by atoms with Gasteiger partial charge in [-0.3, -0.25) is 4.90 Å². The standard InChI is InChI=1S/C9H21N3O2/c10-1-4-13-5-2-12-3-6-14-9(7-11)8-12/h9H,1-8,10-11H2. The molecule has 0 aromatic carbocycles. The van der Waals surface area contributed by atoms with E-state index in [0.717, 1.165) is 32.8 Å². The first-order valence-corrected chi connectivity index (χ1v) is 5.18. The van der Waals surface area contributed by atoms with Crippen LogP contribution in [0.1, 0.15) is 0 Å². The van der Waals surface area contributed by atoms with E-state index < -0.39 is 0 Å². The van der Waals surface area contributed by atoms with Crippen molar-refractivity contribution in [2.75, 3.05) is 52.5 Å². The third kappa shape index (κ3) is 4.34. The van der Waals surface area contributed by atoms with Crippen molar-refractivity contribution in [3.63, 3.8) is 0 Å². The Morgan fingerprint density at radius 1 is 1.36 bits per heavy atom. The van der Waals surface area contributed by atoms with Gasteiger partial charge in [-0.05, 0) is 0 Å². The van der Waals surface area contributed by atoms with Gasteiger partial charge in [0.25, 0.3) is 0 Å². The van der Waals surface area contributed by atoms with E-state index in [1.54, 1.807) is 0 Å². The Morgan fingerprint density at radius 2 is 2.21 bits per heavy atom. The van der Waals surface area contributed by atoms with Crippen LogP contribution in [0.4, 0.5) is 0 Å². The lowest BCUT2D eigenvalue weighted by atomic mass is 10.3. The minimum Gasteiger partial charge on any atom is -0.379 e. The van der Waals surface area contributed by atoms with Gasteiger partial charge in [0.15, 0.2) is 0 Å². The van der Waals surface area contributed by atoms with Crippen LogP contribution in [0.25, 0.3) is 0 Å². The van der Waals surface area contributed by atoms with Crippen molar-refractivity contribution in [2.24, 2.45) is 11.5 Å². The van der Waals surface area contributed by atoms with Gasteiger partial charge in [-0.1, -0.05) is 0 Å². The Kier molecular flexibility index (Phi) is 6.05. The molecule has 1 atom stereocenters. The van der Waals surface area contributed by atoms with E-state index in [1.807, 2.05) is 0 Å². The van der Waals surface area contributed by atoms with E-state index in [2.05, 4.69) is 4.90 Å². The molecule has 4 N–H and O–H groups in total. The molecular formula is C9H21N3O2. The van der Waals surface area contributed by atoms with Crippen LogP contribution in [0, 0.1) is 0 Å². The summed E-state index contributed by atoms with van der Waals surface area (Å²) >= 11 is 0. The normalized spacial score (nSPS) is 24.0. The van der Waals surface area contributed by atoms with Crippen molar-refractivity contribution in [3.05, 3.63) is 0 Å². The quantitative estimate of drug-likeness (QED) is 0.521. The monoisotopic (exact) mass is 203 g/mol. The second-order valence-corrected chi connectivity index (χ2v) is 3.43. The van der Waals surface area contributed by atoms with E-state index >= 15 is 0 Å². The molecule has 0 aromatic heterocycles. The summed E-state index contributed by atoms with van der Waals surface area (Å²) < 4.78 is 10.8. The van der Waals surface area contributed by atoms with Crippen molar-refractivity contribution in [2.45, 2.75) is 6.10 Å². The highest BCUT2D eigenvalue weighted by molar-refractivity contribution is 4.71. The van der Waals surface area contributed by atoms with E-state index in [1.165, 1.54) is 0 Å². The Labute approximate surface area is 85.3 Å². The van der Waals surface area contributed by atoms with Crippen LogP contribution in [0.5, 0.6) is 0 Å². The number of hydrogen-bond acceptors (Lipinski definition) is 5. The molecule has 1 rings (SSSR count). The summed E-state index contributed by atoms with van der Waals surface area (Å²) in [6.07, 6.45) is 0.193. The predicted octanol–water partition coefficient (Wildman–Crippen LogP) is -1.38. The molecule has 0 amide bonds. The van der Waals surface area contributed by atoms with Gasteiger partial charge < -0.3 is 20.9 Å². The average molecular weight is 203 g/mol. The number of rotatable bonds is 6. The summed E-state index contributed by atoms with van der Waals surface area (Å²) in [5.74, 6) is 0. The van der Waals surface area contributed by atoms with Gasteiger partial charge in [-0.15, -0.1) is 0 Å². The van der Waals surface area contributed by atoms with E-state index in [-0.39, 0.29) is 6.10 Å². The lowest BCUT2D eigenvalue weighted by Crippen LogP contribution is -2.46. The Balaban J connectivity index is 2.05. The molecule has 1 saturated heterocycles. The van der Waals surface area contributed by atoms with Crippen LogP contribution >= 0.6 is 0 Å². The first kappa shape index (κ1) is 11.9. The molecule has 0 aromatic rings. The molecule has 5 heteroatoms. The van der Waals surface area contributed by atoms with Crippen LogP contribution in [0.2, 0.25) is 0 Å². The smallest absolute Gasteiger partial charge is 0.0824 e. The molecule has 14 heavy (non-hydrogen) atoms. The highest BCUT2D eigenvalue weighted by Crippen LogP contribution is 2.03. The summed E-state index contributed by atoms with van der Waals surface area (Å²) in [5.41, 5.74) is 10.9. The van der Waals surface area contributed by atoms with Crippen molar-refractivity contribution < 1.29 is 9.47 Å². The van der Waals surface area contributed by atoms with Gasteiger partial charge >= 0.3 is 0 Å². The molecule has 1 fully saturated rings. The fraction of sp³-hybridized carbons (Fsp3) is 1.00. The molecule has 0 radical (unpaired) electrons. The van der Waals surface area contributed by atoms with Gasteiger partial charge in [-0.25, -0.2) is 0 Å². The van der Waals surface area contributed by atoms with Crippen molar-refractivity contribution in [1.29, 1.82) is 0 Å². The lowest BCUT2D eigenvalue weighted by Gasteiger charge is -2.32. The maximum Gasteiger partial charge on any atom is 0.0824 e. The minimum atomic E-state index is 0.193. The summed E-state index contributed by atoms with van der Waals surface area (Å²) in [7, 11) is 0. The first-order chi connectivity index (χ1) is 6.86. The molecule has 1 aliphatic heterocycles. The molecule has 1 unspecified atom stereocenters. The van der Waals surface area contributed by atoms with Crippen LogP contribution in [-0.2, 0) is 9.47 Å². The number of nitrogens with two attached hydrogens (primary N) is 2. The number of morpholine rings is 1. The van der Waals surface area contributed by atoms with E-state index in [9.17, 15) is 0 Å². The second-order valence-electron chi connectivity index (χ2n) is 3.43. The minimum absolute atomic E-state index is 0.193. The first-order valence-electron chi connectivity index (χ1n) is 5.18. The largest absolute Gasteiger partial charge is 0.379 e. The summed E-state index contributed by atoms with van der Waals surface area (Å²) in [5, 5.41) is 0. The number of ether oxygens (including phenoxy) is 2. The van der Waals surface area contributed by atoms with Gasteiger partial charge in [0.2, 0.25) is 0 Å². The average Bonchev–Trinajstić information content (AvgIpc) is 2.25. The topological polar surface area (TPSA) is 73.7 Å². The molecule has 0 bridgehead atoms. The number of hydrogen-bond donors (Lipinski definition) is 2. The van der Waals surface area contributed by atoms with E-state index in [0.29, 0.717) is 19.7 Å². The molecule has 0 saturated carbocycles. The van der Waals surface area contributed by atoms with Crippen LogP contribution in [-0.4, -0.2) is 63.5 Å². The lowest BCUT2D eigenvalue weighted by molar-refractivity contribution is -0.0310. The third-order valence-corrected chi connectivity index (χ3v) is 2.30. The van der Waals surface area contributed by atoms with Crippen LogP contribution in [0.3, 0.4) is 0 Å². The SMILES string of the molecule is NCCOCCN1CCOC(CN)C1. The summed E-state index contributed by atoms with van der Waals surface area (Å²) in [6, 6.07) is 0. The zero-order valence-electron chi connectivity index (χ0n) is 8.65. The summed E-state index contributed by atoms with van der Waals surface area (Å²) in [6.45, 7) is 6.19. The molecule has 0 aliphatic carbocycles. The van der Waals surface area contributed by atoms with Gasteiger partial charge in [0.1, 0.15) is 0 Å². The Hall–Kier alpha value is -0.200. The highest BCUT2D eigenvalue weighted by atomic mass is 16.5. The maximum atomic E-state index is 5.54. The molecule has 1 heterocycles. The molecule has 1 aliphatic rings. The molecule has 5 nitrogen and oxygen atoms in total. The van der Waals surface area contributed by atoms with Crippen molar-refractivity contribution in [3.8, 4) is 0 Å². The molecule has 84 valence electrons. The molecular weight excluding hydrogens is 182 g/mol. The van der Waals surface area contributed by atoms with Crippen molar-refractivity contribution >= 4 is 0 Å².